The van der Waals surface area contributed by atoms with E-state index in [-0.39, 0.29) is 0 Å². The molecule has 78 valence electrons. The van der Waals surface area contributed by atoms with E-state index in [9.17, 15) is 0 Å². The fraction of sp³-hybridized carbons (Fsp3) is 0.182. The van der Waals surface area contributed by atoms with Crippen molar-refractivity contribution in [2.24, 2.45) is 0 Å². The molecule has 0 atom stereocenters. The van der Waals surface area contributed by atoms with Crippen LogP contribution in [0.25, 0.3) is 10.9 Å². The molecule has 0 saturated heterocycles. The van der Waals surface area contributed by atoms with Crippen molar-refractivity contribution < 1.29 is 0 Å². The molecule has 0 radical (unpaired) electrons. The van der Waals surface area contributed by atoms with E-state index in [4.69, 9.17) is 34.8 Å². The van der Waals surface area contributed by atoms with Crippen molar-refractivity contribution in [3.8, 4) is 0 Å². The maximum absolute atomic E-state index is 6.22. The highest BCUT2D eigenvalue weighted by Crippen LogP contribution is 2.33. The van der Waals surface area contributed by atoms with Crippen LogP contribution in [0.4, 0.5) is 0 Å². The molecule has 0 fully saturated rings. The van der Waals surface area contributed by atoms with Crippen LogP contribution in [0.5, 0.6) is 0 Å². The molecule has 1 aromatic carbocycles. The third-order valence-electron chi connectivity index (χ3n) is 2.42. The third-order valence-corrected chi connectivity index (χ3v) is 3.41. The molecule has 2 aromatic rings. The Balaban J connectivity index is 2.98. The van der Waals surface area contributed by atoms with Gasteiger partial charge in [0.05, 0.1) is 15.6 Å². The van der Waals surface area contributed by atoms with E-state index >= 15 is 0 Å². The Morgan fingerprint density at radius 3 is 2.40 bits per heavy atom. The Morgan fingerprint density at radius 2 is 1.73 bits per heavy atom. The number of pyridine rings is 1. The van der Waals surface area contributed by atoms with Crippen molar-refractivity contribution >= 4 is 45.7 Å². The van der Waals surface area contributed by atoms with Crippen molar-refractivity contribution in [3.63, 3.8) is 0 Å². The average molecular weight is 261 g/mol. The predicted octanol–water partition coefficient (Wildman–Crippen LogP) is 4.81. The first-order valence-corrected chi connectivity index (χ1v) is 5.55. The smallest absolute Gasteiger partial charge is 0.0907 e. The highest BCUT2D eigenvalue weighted by atomic mass is 35.5. The van der Waals surface area contributed by atoms with Crippen LogP contribution >= 0.6 is 34.8 Å². The number of nitrogens with zero attached hydrogens (tertiary/aromatic N) is 1. The van der Waals surface area contributed by atoms with Gasteiger partial charge >= 0.3 is 0 Å². The first kappa shape index (κ1) is 11.0. The molecular weight excluding hydrogens is 252 g/mol. The number of rotatable bonds is 0. The summed E-state index contributed by atoms with van der Waals surface area (Å²) in [6, 6.07) is 3.45. The Morgan fingerprint density at radius 1 is 1.07 bits per heavy atom. The summed E-state index contributed by atoms with van der Waals surface area (Å²) in [5.41, 5.74) is 2.55. The Labute approximate surface area is 103 Å². The van der Waals surface area contributed by atoms with Gasteiger partial charge in [-0.2, -0.15) is 0 Å². The maximum atomic E-state index is 6.22. The molecule has 0 amide bonds. The van der Waals surface area contributed by atoms with Gasteiger partial charge in [0.1, 0.15) is 0 Å². The highest BCUT2D eigenvalue weighted by molar-refractivity contribution is 6.41. The van der Waals surface area contributed by atoms with E-state index in [0.717, 1.165) is 16.6 Å². The molecule has 0 spiro atoms. The molecule has 0 N–H and O–H groups in total. The minimum Gasteiger partial charge on any atom is -0.251 e. The average Bonchev–Trinajstić information content (AvgIpc) is 2.17. The second kappa shape index (κ2) is 3.82. The van der Waals surface area contributed by atoms with Gasteiger partial charge in [0.2, 0.25) is 0 Å². The molecule has 0 aliphatic rings. The van der Waals surface area contributed by atoms with Crippen LogP contribution in [0.3, 0.4) is 0 Å². The van der Waals surface area contributed by atoms with Crippen molar-refractivity contribution in [1.82, 2.24) is 4.98 Å². The number of aromatic nitrogens is 1. The van der Waals surface area contributed by atoms with Crippen LogP contribution < -0.4 is 0 Å². The van der Waals surface area contributed by atoms with E-state index in [1.54, 1.807) is 12.1 Å². The predicted molar refractivity (Wildman–Crippen MR) is 66.2 cm³/mol. The number of hydrogen-bond donors (Lipinski definition) is 0. The standard InChI is InChI=1S/C11H8Cl3N/c1-5-6(2)15-11-8(10(5)14)3-7(12)4-9(11)13/h3-4H,1-2H3. The monoisotopic (exact) mass is 259 g/mol. The molecule has 2 rings (SSSR count). The highest BCUT2D eigenvalue weighted by Gasteiger charge is 2.10. The number of aryl methyl sites for hydroxylation is 1. The van der Waals surface area contributed by atoms with Crippen LogP contribution in [-0.2, 0) is 0 Å². The normalized spacial score (nSPS) is 11.0. The van der Waals surface area contributed by atoms with Crippen LogP contribution in [0.2, 0.25) is 15.1 Å². The lowest BCUT2D eigenvalue weighted by atomic mass is 10.1. The van der Waals surface area contributed by atoms with Crippen molar-refractivity contribution in [3.05, 3.63) is 38.5 Å². The minimum atomic E-state index is 0.530. The van der Waals surface area contributed by atoms with Gasteiger partial charge in [-0.05, 0) is 31.5 Å². The zero-order valence-corrected chi connectivity index (χ0v) is 10.5. The quantitative estimate of drug-likeness (QED) is 0.662. The van der Waals surface area contributed by atoms with Gasteiger partial charge < -0.3 is 0 Å². The fourth-order valence-electron chi connectivity index (χ4n) is 1.46. The number of hydrogen-bond acceptors (Lipinski definition) is 1. The van der Waals surface area contributed by atoms with Crippen molar-refractivity contribution in [1.29, 1.82) is 0 Å². The van der Waals surface area contributed by atoms with E-state index < -0.39 is 0 Å². The Hall–Kier alpha value is -0.500. The van der Waals surface area contributed by atoms with Gasteiger partial charge in [0.15, 0.2) is 0 Å². The molecule has 0 aliphatic heterocycles. The van der Waals surface area contributed by atoms with Gasteiger partial charge in [-0.3, -0.25) is 4.98 Å². The SMILES string of the molecule is Cc1nc2c(Cl)cc(Cl)cc2c(Cl)c1C. The van der Waals surface area contributed by atoms with E-state index in [2.05, 4.69) is 4.98 Å². The molecule has 0 aliphatic carbocycles. The third kappa shape index (κ3) is 1.80. The summed E-state index contributed by atoms with van der Waals surface area (Å²) in [4.78, 5) is 4.40. The van der Waals surface area contributed by atoms with Crippen molar-refractivity contribution in [2.75, 3.05) is 0 Å². The second-order valence-corrected chi connectivity index (χ2v) is 4.64. The van der Waals surface area contributed by atoms with Gasteiger partial charge in [0, 0.05) is 16.1 Å². The summed E-state index contributed by atoms with van der Waals surface area (Å²) in [5, 5.41) is 2.57. The lowest BCUT2D eigenvalue weighted by molar-refractivity contribution is 1.20. The molecule has 4 heteroatoms. The van der Waals surface area contributed by atoms with Gasteiger partial charge in [-0.15, -0.1) is 0 Å². The molecule has 15 heavy (non-hydrogen) atoms. The summed E-state index contributed by atoms with van der Waals surface area (Å²) in [5.74, 6) is 0. The largest absolute Gasteiger partial charge is 0.251 e. The number of benzene rings is 1. The molecule has 1 nitrogen and oxygen atoms in total. The summed E-state index contributed by atoms with van der Waals surface area (Å²) in [6.45, 7) is 3.84. The first-order chi connectivity index (χ1) is 7.00. The first-order valence-electron chi connectivity index (χ1n) is 4.42. The Bertz CT molecular complexity index is 549. The van der Waals surface area contributed by atoms with E-state index in [0.29, 0.717) is 20.6 Å². The van der Waals surface area contributed by atoms with Crippen LogP contribution in [-0.4, -0.2) is 4.98 Å². The molecule has 0 unspecified atom stereocenters. The van der Waals surface area contributed by atoms with Gasteiger partial charge in [0.25, 0.3) is 0 Å². The molecular formula is C11H8Cl3N. The molecule has 0 saturated carbocycles. The van der Waals surface area contributed by atoms with E-state index in [1.165, 1.54) is 0 Å². The van der Waals surface area contributed by atoms with E-state index in [1.807, 2.05) is 13.8 Å². The number of halogens is 3. The van der Waals surface area contributed by atoms with Crippen LogP contribution in [0, 0.1) is 13.8 Å². The minimum absolute atomic E-state index is 0.530. The summed E-state index contributed by atoms with van der Waals surface area (Å²) >= 11 is 18.2. The molecule has 1 aromatic heterocycles. The van der Waals surface area contributed by atoms with Crippen LogP contribution in [0.15, 0.2) is 12.1 Å². The molecule has 1 heterocycles. The second-order valence-electron chi connectivity index (χ2n) is 3.42. The zero-order valence-electron chi connectivity index (χ0n) is 8.24. The lowest BCUT2D eigenvalue weighted by Crippen LogP contribution is -1.91. The van der Waals surface area contributed by atoms with Gasteiger partial charge in [-0.25, -0.2) is 0 Å². The van der Waals surface area contributed by atoms with Crippen molar-refractivity contribution in [2.45, 2.75) is 13.8 Å². The number of fused-ring (bicyclic) bond motifs is 1. The Kier molecular flexibility index (Phi) is 2.80. The summed E-state index contributed by atoms with van der Waals surface area (Å²) in [6.07, 6.45) is 0. The van der Waals surface area contributed by atoms with Crippen LogP contribution in [0.1, 0.15) is 11.3 Å². The topological polar surface area (TPSA) is 12.9 Å². The molecule has 0 bridgehead atoms. The maximum Gasteiger partial charge on any atom is 0.0907 e. The summed E-state index contributed by atoms with van der Waals surface area (Å²) < 4.78 is 0. The zero-order chi connectivity index (χ0) is 11.2. The summed E-state index contributed by atoms with van der Waals surface area (Å²) in [7, 11) is 0. The fourth-order valence-corrected chi connectivity index (χ4v) is 2.28. The van der Waals surface area contributed by atoms with Gasteiger partial charge in [-0.1, -0.05) is 34.8 Å². The lowest BCUT2D eigenvalue weighted by Gasteiger charge is -2.08.